The number of methoxy groups -OCH3 is 2. The molecule has 0 saturated heterocycles. The van der Waals surface area contributed by atoms with Gasteiger partial charge in [0.15, 0.2) is 23.0 Å². The minimum absolute atomic E-state index is 0.198. The number of ether oxygens (including phenoxy) is 4. The molecule has 186 valence electrons. The average Bonchev–Trinajstić information content (AvgIpc) is 3.56. The fraction of sp³-hybridized carbons (Fsp3) is 0.143. The number of pyridine rings is 1. The van der Waals surface area contributed by atoms with Crippen molar-refractivity contribution in [2.75, 3.05) is 26.3 Å². The van der Waals surface area contributed by atoms with Crippen LogP contribution in [0.5, 0.6) is 23.0 Å². The highest BCUT2D eigenvalue weighted by atomic mass is 16.7. The van der Waals surface area contributed by atoms with Crippen LogP contribution < -0.4 is 29.8 Å². The van der Waals surface area contributed by atoms with Crippen LogP contribution in [0.3, 0.4) is 0 Å². The van der Waals surface area contributed by atoms with Crippen molar-refractivity contribution in [1.82, 2.24) is 14.8 Å². The Kier molecular flexibility index (Phi) is 5.65. The molecular weight excluding hydrogens is 472 g/mol. The molecule has 0 unspecified atom stereocenters. The number of hydrogen-bond donors (Lipinski definition) is 2. The summed E-state index contributed by atoms with van der Waals surface area (Å²) < 4.78 is 23.5. The Labute approximate surface area is 212 Å². The highest BCUT2D eigenvalue weighted by molar-refractivity contribution is 5.93. The number of nitrogens with one attached hydrogen (secondary N) is 2. The van der Waals surface area contributed by atoms with Crippen LogP contribution in [0.1, 0.15) is 5.56 Å². The van der Waals surface area contributed by atoms with Gasteiger partial charge in [0.25, 0.3) is 5.56 Å². The van der Waals surface area contributed by atoms with Gasteiger partial charge in [-0.25, -0.2) is 4.68 Å². The minimum Gasteiger partial charge on any atom is -0.493 e. The van der Waals surface area contributed by atoms with Gasteiger partial charge in [-0.1, -0.05) is 18.2 Å². The topological polar surface area (TPSA) is 99.6 Å². The normalized spacial score (nSPS) is 12.1. The summed E-state index contributed by atoms with van der Waals surface area (Å²) in [6.07, 6.45) is 0. The van der Waals surface area contributed by atoms with E-state index in [1.165, 1.54) is 0 Å². The van der Waals surface area contributed by atoms with E-state index in [9.17, 15) is 4.79 Å². The third kappa shape index (κ3) is 4.10. The molecule has 0 amide bonds. The number of nitrogens with zero attached hydrogens (tertiary/aromatic N) is 2. The lowest BCUT2D eigenvalue weighted by atomic mass is 10.1. The van der Waals surface area contributed by atoms with E-state index in [-0.39, 0.29) is 12.4 Å². The predicted octanol–water partition coefficient (Wildman–Crippen LogP) is 4.74. The molecule has 0 atom stereocenters. The molecule has 2 aromatic heterocycles. The van der Waals surface area contributed by atoms with Gasteiger partial charge in [0, 0.05) is 34.8 Å². The Balaban J connectivity index is 1.44. The molecule has 3 aromatic carbocycles. The molecule has 3 heterocycles. The molecule has 0 spiro atoms. The first kappa shape index (κ1) is 22.5. The van der Waals surface area contributed by atoms with Crippen molar-refractivity contribution in [3.05, 3.63) is 88.7 Å². The van der Waals surface area contributed by atoms with Gasteiger partial charge in [0.05, 0.1) is 19.9 Å². The SMILES string of the molecule is COc1ccc(-c2nn(-c3ccccc3)c3[nH]c(=O)c(CNc4ccc5c(c4)OCO5)cc23)cc1OC. The van der Waals surface area contributed by atoms with Crippen LogP contribution in [0.2, 0.25) is 0 Å². The van der Waals surface area contributed by atoms with Crippen LogP contribution >= 0.6 is 0 Å². The van der Waals surface area contributed by atoms with Crippen LogP contribution in [0.15, 0.2) is 77.6 Å². The summed E-state index contributed by atoms with van der Waals surface area (Å²) in [6, 6.07) is 22.8. The summed E-state index contributed by atoms with van der Waals surface area (Å²) in [4.78, 5) is 16.2. The van der Waals surface area contributed by atoms with Gasteiger partial charge < -0.3 is 29.2 Å². The molecule has 0 aliphatic carbocycles. The molecule has 0 fully saturated rings. The second-order valence-electron chi connectivity index (χ2n) is 8.47. The summed E-state index contributed by atoms with van der Waals surface area (Å²) in [5, 5.41) is 9.01. The van der Waals surface area contributed by atoms with Gasteiger partial charge in [-0.3, -0.25) is 4.79 Å². The summed E-state index contributed by atoms with van der Waals surface area (Å²) in [6.45, 7) is 0.520. The number of rotatable bonds is 7. The first-order valence-electron chi connectivity index (χ1n) is 11.7. The van der Waals surface area contributed by atoms with Gasteiger partial charge in [-0.05, 0) is 48.5 Å². The second-order valence-corrected chi connectivity index (χ2v) is 8.47. The molecule has 1 aliphatic rings. The van der Waals surface area contributed by atoms with E-state index in [1.54, 1.807) is 18.9 Å². The van der Waals surface area contributed by atoms with Crippen molar-refractivity contribution in [1.29, 1.82) is 0 Å². The number of para-hydroxylation sites is 1. The zero-order valence-electron chi connectivity index (χ0n) is 20.3. The van der Waals surface area contributed by atoms with E-state index in [0.29, 0.717) is 46.4 Å². The fourth-order valence-corrected chi connectivity index (χ4v) is 4.40. The van der Waals surface area contributed by atoms with Crippen LogP contribution in [-0.2, 0) is 6.54 Å². The Morgan fingerprint density at radius 3 is 2.57 bits per heavy atom. The highest BCUT2D eigenvalue weighted by Crippen LogP contribution is 2.36. The number of fused-ring (bicyclic) bond motifs is 2. The van der Waals surface area contributed by atoms with Gasteiger partial charge >= 0.3 is 0 Å². The minimum atomic E-state index is -0.198. The van der Waals surface area contributed by atoms with Gasteiger partial charge in [0.1, 0.15) is 11.3 Å². The lowest BCUT2D eigenvalue weighted by Crippen LogP contribution is -2.16. The number of aromatic amines is 1. The van der Waals surface area contributed by atoms with Crippen molar-refractivity contribution >= 4 is 16.7 Å². The lowest BCUT2D eigenvalue weighted by Gasteiger charge is -2.09. The Bertz CT molecular complexity index is 1660. The zero-order valence-corrected chi connectivity index (χ0v) is 20.3. The number of anilines is 1. The summed E-state index contributed by atoms with van der Waals surface area (Å²) >= 11 is 0. The van der Waals surface area contributed by atoms with Crippen molar-refractivity contribution < 1.29 is 18.9 Å². The maximum Gasteiger partial charge on any atom is 0.254 e. The first-order chi connectivity index (χ1) is 18.1. The van der Waals surface area contributed by atoms with E-state index in [1.807, 2.05) is 72.8 Å². The van der Waals surface area contributed by atoms with Crippen molar-refractivity contribution in [3.8, 4) is 39.9 Å². The van der Waals surface area contributed by atoms with Crippen molar-refractivity contribution in [2.45, 2.75) is 6.54 Å². The predicted molar refractivity (Wildman–Crippen MR) is 140 cm³/mol. The molecule has 5 aromatic rings. The Hall–Kier alpha value is -4.92. The van der Waals surface area contributed by atoms with E-state index < -0.39 is 0 Å². The Morgan fingerprint density at radius 1 is 0.946 bits per heavy atom. The molecular formula is C28H24N4O5. The lowest BCUT2D eigenvalue weighted by molar-refractivity contribution is 0.174. The number of H-pyrrole nitrogens is 1. The molecule has 0 radical (unpaired) electrons. The van der Waals surface area contributed by atoms with E-state index in [0.717, 1.165) is 22.3 Å². The standard InChI is InChI=1S/C28H24N4O5/c1-34-22-10-8-17(13-24(22)35-2)26-21-12-18(15-29-19-9-11-23-25(14-19)37-16-36-23)28(33)30-27(21)32(31-26)20-6-4-3-5-7-20/h3-14,29H,15-16H2,1-2H3,(H,30,33). The number of benzene rings is 3. The third-order valence-corrected chi connectivity index (χ3v) is 6.28. The smallest absolute Gasteiger partial charge is 0.254 e. The number of aromatic nitrogens is 3. The van der Waals surface area contributed by atoms with Gasteiger partial charge in [-0.15, -0.1) is 0 Å². The van der Waals surface area contributed by atoms with E-state index >= 15 is 0 Å². The van der Waals surface area contributed by atoms with Crippen LogP contribution in [-0.4, -0.2) is 35.8 Å². The van der Waals surface area contributed by atoms with Crippen molar-refractivity contribution in [2.24, 2.45) is 0 Å². The molecule has 6 rings (SSSR count). The van der Waals surface area contributed by atoms with Crippen LogP contribution in [0.25, 0.3) is 28.0 Å². The third-order valence-electron chi connectivity index (χ3n) is 6.28. The van der Waals surface area contributed by atoms with Gasteiger partial charge in [0.2, 0.25) is 6.79 Å². The van der Waals surface area contributed by atoms with E-state index in [2.05, 4.69) is 10.3 Å². The maximum atomic E-state index is 13.1. The maximum absolute atomic E-state index is 13.1. The molecule has 37 heavy (non-hydrogen) atoms. The fourth-order valence-electron chi connectivity index (χ4n) is 4.40. The molecule has 9 heteroatoms. The number of hydrogen-bond acceptors (Lipinski definition) is 7. The molecule has 0 saturated carbocycles. The monoisotopic (exact) mass is 496 g/mol. The quantitative estimate of drug-likeness (QED) is 0.336. The average molecular weight is 497 g/mol. The van der Waals surface area contributed by atoms with Crippen LogP contribution in [0, 0.1) is 0 Å². The summed E-state index contributed by atoms with van der Waals surface area (Å²) in [5.41, 5.74) is 4.17. The Morgan fingerprint density at radius 2 is 1.76 bits per heavy atom. The molecule has 0 bridgehead atoms. The largest absolute Gasteiger partial charge is 0.493 e. The molecule has 9 nitrogen and oxygen atoms in total. The summed E-state index contributed by atoms with van der Waals surface area (Å²) in [7, 11) is 3.20. The van der Waals surface area contributed by atoms with Crippen LogP contribution in [0.4, 0.5) is 5.69 Å². The molecule has 1 aliphatic heterocycles. The first-order valence-corrected chi connectivity index (χ1v) is 11.7. The molecule has 2 N–H and O–H groups in total. The van der Waals surface area contributed by atoms with Crippen molar-refractivity contribution in [3.63, 3.8) is 0 Å². The zero-order chi connectivity index (χ0) is 25.4. The summed E-state index contributed by atoms with van der Waals surface area (Å²) in [5.74, 6) is 2.60. The van der Waals surface area contributed by atoms with E-state index in [4.69, 9.17) is 24.0 Å². The van der Waals surface area contributed by atoms with Gasteiger partial charge in [-0.2, -0.15) is 5.10 Å². The second kappa shape index (κ2) is 9.27. The highest BCUT2D eigenvalue weighted by Gasteiger charge is 2.19.